The predicted molar refractivity (Wildman–Crippen MR) is 83.5 cm³/mol. The van der Waals surface area contributed by atoms with Crippen molar-refractivity contribution in [3.63, 3.8) is 0 Å². The zero-order valence-corrected chi connectivity index (χ0v) is 11.8. The third-order valence-electron chi connectivity index (χ3n) is 2.86. The van der Waals surface area contributed by atoms with Gasteiger partial charge in [0.2, 0.25) is 0 Å². The van der Waals surface area contributed by atoms with Crippen LogP contribution in [0.3, 0.4) is 0 Å². The van der Waals surface area contributed by atoms with Crippen LogP contribution in [0.5, 0.6) is 0 Å². The van der Waals surface area contributed by atoms with E-state index in [1.54, 1.807) is 6.20 Å². The molecule has 0 aliphatic carbocycles. The molecule has 0 saturated carbocycles. The van der Waals surface area contributed by atoms with E-state index in [2.05, 4.69) is 68.5 Å². The number of nitrogens with zero attached hydrogens (tertiary/aromatic N) is 1. The molecule has 3 nitrogen and oxygen atoms in total. The van der Waals surface area contributed by atoms with Gasteiger partial charge >= 0.3 is 0 Å². The van der Waals surface area contributed by atoms with E-state index in [0.29, 0.717) is 0 Å². The number of fused-ring (bicyclic) bond motifs is 1. The highest BCUT2D eigenvalue weighted by Gasteiger charge is 2.15. The van der Waals surface area contributed by atoms with Gasteiger partial charge in [-0.3, -0.25) is 0 Å². The zero-order valence-electron chi connectivity index (χ0n) is 9.65. The molecule has 0 atom stereocenters. The van der Waals surface area contributed by atoms with Crippen LogP contribution in [-0.4, -0.2) is 11.5 Å². The highest BCUT2D eigenvalue weighted by molar-refractivity contribution is 14.1. The Morgan fingerprint density at radius 3 is 2.89 bits per heavy atom. The van der Waals surface area contributed by atoms with Gasteiger partial charge in [0, 0.05) is 33.8 Å². The molecule has 2 heterocycles. The van der Waals surface area contributed by atoms with Gasteiger partial charge in [0.1, 0.15) is 5.82 Å². The van der Waals surface area contributed by atoms with Crippen molar-refractivity contribution < 1.29 is 0 Å². The molecule has 0 amide bonds. The first-order valence-corrected chi connectivity index (χ1v) is 6.81. The summed E-state index contributed by atoms with van der Waals surface area (Å²) in [7, 11) is 0. The molecule has 1 aliphatic rings. The van der Waals surface area contributed by atoms with E-state index in [4.69, 9.17) is 0 Å². The van der Waals surface area contributed by atoms with Crippen LogP contribution < -0.4 is 10.6 Å². The predicted octanol–water partition coefficient (Wildman–Crippen LogP) is 3.56. The van der Waals surface area contributed by atoms with Gasteiger partial charge in [0.05, 0.1) is 0 Å². The van der Waals surface area contributed by atoms with Crippen LogP contribution >= 0.6 is 22.6 Å². The highest BCUT2D eigenvalue weighted by atomic mass is 127. The standard InChI is InChI=1S/C14H12IN3/c15-11-3-5-12(6-4-11)17-8-10-9-18-14-13(10)2-1-7-16-14/h1-8,17H,9H2,(H,16,18). The van der Waals surface area contributed by atoms with Crippen molar-refractivity contribution in [1.29, 1.82) is 0 Å². The number of pyridine rings is 1. The number of halogens is 1. The maximum atomic E-state index is 4.30. The highest BCUT2D eigenvalue weighted by Crippen LogP contribution is 2.27. The minimum absolute atomic E-state index is 0.823. The average molecular weight is 349 g/mol. The number of rotatable bonds is 2. The summed E-state index contributed by atoms with van der Waals surface area (Å²) >= 11 is 2.30. The monoisotopic (exact) mass is 349 g/mol. The van der Waals surface area contributed by atoms with Crippen LogP contribution in [0.25, 0.3) is 5.57 Å². The van der Waals surface area contributed by atoms with Crippen molar-refractivity contribution in [2.45, 2.75) is 0 Å². The summed E-state index contributed by atoms with van der Waals surface area (Å²) in [5.41, 5.74) is 3.51. The molecular formula is C14H12IN3. The van der Waals surface area contributed by atoms with Crippen molar-refractivity contribution in [2.24, 2.45) is 0 Å². The van der Waals surface area contributed by atoms with E-state index >= 15 is 0 Å². The molecule has 1 aromatic carbocycles. The molecule has 3 rings (SSSR count). The number of anilines is 2. The molecule has 2 aromatic rings. The normalized spacial score (nSPS) is 15.3. The maximum Gasteiger partial charge on any atom is 0.133 e. The summed E-state index contributed by atoms with van der Waals surface area (Å²) in [6.07, 6.45) is 3.85. The molecule has 1 aliphatic heterocycles. The third kappa shape index (κ3) is 2.33. The first-order valence-electron chi connectivity index (χ1n) is 5.73. The smallest absolute Gasteiger partial charge is 0.133 e. The Morgan fingerprint density at radius 2 is 2.06 bits per heavy atom. The Morgan fingerprint density at radius 1 is 1.22 bits per heavy atom. The van der Waals surface area contributed by atoms with E-state index in [1.165, 1.54) is 14.7 Å². The van der Waals surface area contributed by atoms with E-state index in [1.807, 2.05) is 12.3 Å². The Kier molecular flexibility index (Phi) is 3.19. The molecule has 2 N–H and O–H groups in total. The second-order valence-corrected chi connectivity index (χ2v) is 5.32. The summed E-state index contributed by atoms with van der Waals surface area (Å²) in [5, 5.41) is 6.60. The first-order chi connectivity index (χ1) is 8.83. The van der Waals surface area contributed by atoms with Gasteiger partial charge in [0.25, 0.3) is 0 Å². The Hall–Kier alpha value is -1.56. The van der Waals surface area contributed by atoms with E-state index in [9.17, 15) is 0 Å². The summed E-state index contributed by atoms with van der Waals surface area (Å²) in [4.78, 5) is 4.30. The molecule has 0 radical (unpaired) electrons. The lowest BCUT2D eigenvalue weighted by Crippen LogP contribution is -1.95. The van der Waals surface area contributed by atoms with Gasteiger partial charge in [-0.05, 0) is 64.6 Å². The van der Waals surface area contributed by atoms with Gasteiger partial charge in [-0.2, -0.15) is 0 Å². The van der Waals surface area contributed by atoms with Crippen LogP contribution in [0.4, 0.5) is 11.5 Å². The Balaban J connectivity index is 1.80. The number of nitrogens with one attached hydrogen (secondary N) is 2. The zero-order chi connectivity index (χ0) is 12.4. The topological polar surface area (TPSA) is 37.0 Å². The number of benzene rings is 1. The molecule has 0 saturated heterocycles. The molecule has 90 valence electrons. The molecular weight excluding hydrogens is 337 g/mol. The van der Waals surface area contributed by atoms with Gasteiger partial charge in [-0.1, -0.05) is 0 Å². The lowest BCUT2D eigenvalue weighted by atomic mass is 10.1. The quantitative estimate of drug-likeness (QED) is 0.814. The molecule has 18 heavy (non-hydrogen) atoms. The van der Waals surface area contributed by atoms with E-state index in [0.717, 1.165) is 18.1 Å². The van der Waals surface area contributed by atoms with Crippen molar-refractivity contribution in [3.8, 4) is 0 Å². The summed E-state index contributed by atoms with van der Waals surface area (Å²) in [6, 6.07) is 12.4. The van der Waals surface area contributed by atoms with Crippen LogP contribution in [0.1, 0.15) is 5.56 Å². The fraction of sp³-hybridized carbons (Fsp3) is 0.0714. The molecule has 4 heteroatoms. The molecule has 0 spiro atoms. The minimum atomic E-state index is 0.823. The Bertz CT molecular complexity index is 590. The molecule has 0 fully saturated rings. The van der Waals surface area contributed by atoms with Crippen molar-refractivity contribution in [1.82, 2.24) is 4.98 Å². The summed E-state index contributed by atoms with van der Waals surface area (Å²) in [5.74, 6) is 0.966. The van der Waals surface area contributed by atoms with Gasteiger partial charge in [0.15, 0.2) is 0 Å². The summed E-state index contributed by atoms with van der Waals surface area (Å²) < 4.78 is 1.24. The molecule has 0 unspecified atom stereocenters. The number of hydrogen-bond acceptors (Lipinski definition) is 3. The number of hydrogen-bond donors (Lipinski definition) is 2. The molecule has 1 aromatic heterocycles. The lowest BCUT2D eigenvalue weighted by molar-refractivity contribution is 1.29. The van der Waals surface area contributed by atoms with Gasteiger partial charge < -0.3 is 10.6 Å². The van der Waals surface area contributed by atoms with Crippen molar-refractivity contribution in [2.75, 3.05) is 17.2 Å². The third-order valence-corrected chi connectivity index (χ3v) is 3.58. The Labute approximate surface area is 119 Å². The van der Waals surface area contributed by atoms with Crippen LogP contribution in [0, 0.1) is 3.57 Å². The van der Waals surface area contributed by atoms with Crippen LogP contribution in [-0.2, 0) is 0 Å². The van der Waals surface area contributed by atoms with Crippen LogP contribution in [0.2, 0.25) is 0 Å². The van der Waals surface area contributed by atoms with Gasteiger partial charge in [-0.25, -0.2) is 4.98 Å². The lowest BCUT2D eigenvalue weighted by Gasteiger charge is -2.03. The second-order valence-electron chi connectivity index (χ2n) is 4.07. The largest absolute Gasteiger partial charge is 0.365 e. The minimum Gasteiger partial charge on any atom is -0.365 e. The fourth-order valence-corrected chi connectivity index (χ4v) is 2.28. The summed E-state index contributed by atoms with van der Waals surface area (Å²) in [6.45, 7) is 0.823. The molecule has 0 bridgehead atoms. The van der Waals surface area contributed by atoms with Crippen LogP contribution in [0.15, 0.2) is 48.8 Å². The average Bonchev–Trinajstić information content (AvgIpc) is 2.82. The second kappa shape index (κ2) is 4.97. The van der Waals surface area contributed by atoms with E-state index in [-0.39, 0.29) is 0 Å². The van der Waals surface area contributed by atoms with Gasteiger partial charge in [-0.15, -0.1) is 0 Å². The fourth-order valence-electron chi connectivity index (χ4n) is 1.92. The first kappa shape index (κ1) is 11.5. The van der Waals surface area contributed by atoms with E-state index < -0.39 is 0 Å². The van der Waals surface area contributed by atoms with Crippen molar-refractivity contribution >= 4 is 39.7 Å². The number of aromatic nitrogens is 1. The van der Waals surface area contributed by atoms with Crippen molar-refractivity contribution in [3.05, 3.63) is 57.9 Å². The SMILES string of the molecule is Ic1ccc(NC=C2CNc3ncccc32)cc1. The maximum absolute atomic E-state index is 4.30.